The smallest absolute Gasteiger partial charge is 0.185 e. The molecule has 0 spiro atoms. The third-order valence-corrected chi connectivity index (χ3v) is 5.04. The van der Waals surface area contributed by atoms with Crippen molar-refractivity contribution in [3.05, 3.63) is 78.0 Å². The van der Waals surface area contributed by atoms with Gasteiger partial charge in [0.25, 0.3) is 0 Å². The van der Waals surface area contributed by atoms with Crippen LogP contribution in [0, 0.1) is 0 Å². The zero-order valence-corrected chi connectivity index (χ0v) is 15.7. The highest BCUT2D eigenvalue weighted by atomic mass is 32.1. The molecule has 0 aliphatic rings. The summed E-state index contributed by atoms with van der Waals surface area (Å²) in [5.74, 6) is 1.45. The maximum absolute atomic E-state index is 5.91. The Bertz CT molecular complexity index is 1000. The van der Waals surface area contributed by atoms with E-state index in [2.05, 4.69) is 15.3 Å². The van der Waals surface area contributed by atoms with Gasteiger partial charge in [0.1, 0.15) is 6.61 Å². The third-order valence-electron chi connectivity index (χ3n) is 4.07. The number of aromatic nitrogens is 2. The lowest BCUT2D eigenvalue weighted by molar-refractivity contribution is 0.284. The second-order valence-corrected chi connectivity index (χ2v) is 6.99. The van der Waals surface area contributed by atoms with E-state index in [4.69, 9.17) is 9.47 Å². The second-order valence-electron chi connectivity index (χ2n) is 5.96. The molecule has 136 valence electrons. The number of thiazole rings is 1. The maximum Gasteiger partial charge on any atom is 0.185 e. The van der Waals surface area contributed by atoms with E-state index in [0.717, 1.165) is 38.1 Å². The SMILES string of the molecule is COc1cc(CNc2nc3ncccc3s2)ccc1OCc1ccccc1. The van der Waals surface area contributed by atoms with E-state index in [-0.39, 0.29) is 0 Å². The first-order valence-electron chi connectivity index (χ1n) is 8.61. The highest BCUT2D eigenvalue weighted by molar-refractivity contribution is 7.22. The fourth-order valence-electron chi connectivity index (χ4n) is 2.70. The van der Waals surface area contributed by atoms with Crippen molar-refractivity contribution in [3.63, 3.8) is 0 Å². The van der Waals surface area contributed by atoms with Crippen molar-refractivity contribution in [2.24, 2.45) is 0 Å². The number of anilines is 1. The van der Waals surface area contributed by atoms with Gasteiger partial charge in [0, 0.05) is 12.7 Å². The zero-order valence-electron chi connectivity index (χ0n) is 14.9. The molecule has 27 heavy (non-hydrogen) atoms. The number of methoxy groups -OCH3 is 1. The minimum Gasteiger partial charge on any atom is -0.493 e. The van der Waals surface area contributed by atoms with E-state index in [9.17, 15) is 0 Å². The Morgan fingerprint density at radius 1 is 0.963 bits per heavy atom. The first kappa shape index (κ1) is 17.3. The molecule has 2 aromatic carbocycles. The summed E-state index contributed by atoms with van der Waals surface area (Å²) >= 11 is 1.59. The molecule has 0 radical (unpaired) electrons. The van der Waals surface area contributed by atoms with Crippen LogP contribution in [0.1, 0.15) is 11.1 Å². The number of nitrogens with one attached hydrogen (secondary N) is 1. The average molecular weight is 377 g/mol. The molecule has 0 unspecified atom stereocenters. The van der Waals surface area contributed by atoms with Gasteiger partial charge in [-0.25, -0.2) is 9.97 Å². The van der Waals surface area contributed by atoms with Crippen LogP contribution in [0.4, 0.5) is 5.13 Å². The van der Waals surface area contributed by atoms with Crippen molar-refractivity contribution in [1.29, 1.82) is 0 Å². The van der Waals surface area contributed by atoms with Gasteiger partial charge in [0.2, 0.25) is 0 Å². The molecule has 5 nitrogen and oxygen atoms in total. The Balaban J connectivity index is 1.42. The van der Waals surface area contributed by atoms with Gasteiger partial charge in [-0.3, -0.25) is 0 Å². The molecule has 0 bridgehead atoms. The third kappa shape index (κ3) is 4.17. The molecule has 0 fully saturated rings. The zero-order chi connectivity index (χ0) is 18.5. The van der Waals surface area contributed by atoms with Crippen LogP contribution in [-0.4, -0.2) is 17.1 Å². The summed E-state index contributed by atoms with van der Waals surface area (Å²) in [5.41, 5.74) is 2.98. The quantitative estimate of drug-likeness (QED) is 0.497. The van der Waals surface area contributed by atoms with E-state index in [1.807, 2.05) is 60.7 Å². The fourth-order valence-corrected chi connectivity index (χ4v) is 3.52. The lowest BCUT2D eigenvalue weighted by Gasteiger charge is -2.12. The van der Waals surface area contributed by atoms with Crippen LogP contribution in [0.25, 0.3) is 10.3 Å². The van der Waals surface area contributed by atoms with Gasteiger partial charge in [0.05, 0.1) is 11.8 Å². The van der Waals surface area contributed by atoms with E-state index < -0.39 is 0 Å². The number of pyridine rings is 1. The van der Waals surface area contributed by atoms with Crippen molar-refractivity contribution in [2.75, 3.05) is 12.4 Å². The number of rotatable bonds is 7. The average Bonchev–Trinajstić information content (AvgIpc) is 3.15. The summed E-state index contributed by atoms with van der Waals surface area (Å²) in [6, 6.07) is 20.0. The summed E-state index contributed by atoms with van der Waals surface area (Å²) in [5, 5.41) is 4.20. The van der Waals surface area contributed by atoms with E-state index in [0.29, 0.717) is 13.2 Å². The molecule has 6 heteroatoms. The Morgan fingerprint density at radius 3 is 2.67 bits per heavy atom. The largest absolute Gasteiger partial charge is 0.493 e. The molecule has 0 aliphatic carbocycles. The fraction of sp³-hybridized carbons (Fsp3) is 0.143. The summed E-state index contributed by atoms with van der Waals surface area (Å²) < 4.78 is 12.5. The highest BCUT2D eigenvalue weighted by Crippen LogP contribution is 2.30. The van der Waals surface area contributed by atoms with E-state index in [1.54, 1.807) is 24.6 Å². The molecular formula is C21H19N3O2S. The van der Waals surface area contributed by atoms with Crippen LogP contribution >= 0.6 is 11.3 Å². The summed E-state index contributed by atoms with van der Waals surface area (Å²) in [6.07, 6.45) is 1.75. The molecule has 2 heterocycles. The maximum atomic E-state index is 5.91. The molecule has 4 aromatic rings. The van der Waals surface area contributed by atoms with Gasteiger partial charge in [-0.15, -0.1) is 0 Å². The molecule has 0 aliphatic heterocycles. The van der Waals surface area contributed by atoms with Crippen LogP contribution in [0.5, 0.6) is 11.5 Å². The van der Waals surface area contributed by atoms with Gasteiger partial charge >= 0.3 is 0 Å². The minimum atomic E-state index is 0.507. The number of nitrogens with zero attached hydrogens (tertiary/aromatic N) is 2. The number of hydrogen-bond donors (Lipinski definition) is 1. The number of fused-ring (bicyclic) bond motifs is 1. The van der Waals surface area contributed by atoms with Crippen LogP contribution in [0.3, 0.4) is 0 Å². The van der Waals surface area contributed by atoms with Gasteiger partial charge in [-0.2, -0.15) is 0 Å². The standard InChI is InChI=1S/C21H19N3O2S/c1-25-18-12-16(9-10-17(18)26-14-15-6-3-2-4-7-15)13-23-21-24-20-19(27-21)8-5-11-22-20/h2-12H,13-14H2,1H3,(H,22,23,24). The van der Waals surface area contributed by atoms with Crippen LogP contribution in [-0.2, 0) is 13.2 Å². The predicted octanol–water partition coefficient (Wildman–Crippen LogP) is 4.89. The van der Waals surface area contributed by atoms with Crippen LogP contribution in [0.2, 0.25) is 0 Å². The normalized spacial score (nSPS) is 10.7. The second kappa shape index (κ2) is 8.05. The van der Waals surface area contributed by atoms with E-state index in [1.165, 1.54) is 0 Å². The van der Waals surface area contributed by atoms with Crippen molar-refractivity contribution >= 4 is 26.8 Å². The topological polar surface area (TPSA) is 56.3 Å². The van der Waals surface area contributed by atoms with Crippen LogP contribution < -0.4 is 14.8 Å². The van der Waals surface area contributed by atoms with Crippen molar-refractivity contribution in [2.45, 2.75) is 13.2 Å². The Kier molecular flexibility index (Phi) is 5.16. The molecule has 0 amide bonds. The monoisotopic (exact) mass is 377 g/mol. The Hall–Kier alpha value is -3.12. The molecule has 2 aromatic heterocycles. The molecule has 0 atom stereocenters. The summed E-state index contributed by atoms with van der Waals surface area (Å²) in [7, 11) is 1.65. The van der Waals surface area contributed by atoms with Crippen molar-refractivity contribution < 1.29 is 9.47 Å². The number of ether oxygens (including phenoxy) is 2. The molecule has 0 saturated carbocycles. The lowest BCUT2D eigenvalue weighted by Crippen LogP contribution is -2.01. The van der Waals surface area contributed by atoms with Gasteiger partial charge in [-0.05, 0) is 35.4 Å². The number of hydrogen-bond acceptors (Lipinski definition) is 6. The summed E-state index contributed by atoms with van der Waals surface area (Å²) in [4.78, 5) is 8.76. The van der Waals surface area contributed by atoms with Crippen molar-refractivity contribution in [1.82, 2.24) is 9.97 Å². The van der Waals surface area contributed by atoms with Gasteiger partial charge in [-0.1, -0.05) is 47.7 Å². The minimum absolute atomic E-state index is 0.507. The van der Waals surface area contributed by atoms with Gasteiger partial charge in [0.15, 0.2) is 22.3 Å². The highest BCUT2D eigenvalue weighted by Gasteiger charge is 2.08. The Labute approximate surface area is 161 Å². The molecule has 1 N–H and O–H groups in total. The molecule has 0 saturated heterocycles. The molecular weight excluding hydrogens is 358 g/mol. The predicted molar refractivity (Wildman–Crippen MR) is 109 cm³/mol. The first-order chi connectivity index (χ1) is 13.3. The molecule has 4 rings (SSSR count). The van der Waals surface area contributed by atoms with Crippen LogP contribution in [0.15, 0.2) is 66.9 Å². The summed E-state index contributed by atoms with van der Waals surface area (Å²) in [6.45, 7) is 1.16. The van der Waals surface area contributed by atoms with Crippen molar-refractivity contribution in [3.8, 4) is 11.5 Å². The first-order valence-corrected chi connectivity index (χ1v) is 9.42. The Morgan fingerprint density at radius 2 is 1.85 bits per heavy atom. The number of benzene rings is 2. The van der Waals surface area contributed by atoms with E-state index >= 15 is 0 Å². The van der Waals surface area contributed by atoms with Gasteiger partial charge < -0.3 is 14.8 Å². The lowest BCUT2D eigenvalue weighted by atomic mass is 10.2.